The highest BCUT2D eigenvalue weighted by atomic mass is 16.2. The van der Waals surface area contributed by atoms with Gasteiger partial charge in [-0.25, -0.2) is 0 Å². The average molecular weight is 271 g/mol. The van der Waals surface area contributed by atoms with E-state index in [1.165, 1.54) is 4.90 Å². The average Bonchev–Trinajstić information content (AvgIpc) is 2.87. The maximum atomic E-state index is 12.3. The zero-order chi connectivity index (χ0) is 14.7. The molecule has 0 fully saturated rings. The van der Waals surface area contributed by atoms with Crippen molar-refractivity contribution in [2.75, 3.05) is 24.5 Å². The predicted molar refractivity (Wildman–Crippen MR) is 75.4 cm³/mol. The van der Waals surface area contributed by atoms with Crippen molar-refractivity contribution >= 4 is 17.5 Å². The monoisotopic (exact) mass is 271 g/mol. The Hall–Kier alpha value is -2.35. The maximum Gasteiger partial charge on any atom is 0.254 e. The first-order valence-corrected chi connectivity index (χ1v) is 6.65. The number of amides is 2. The van der Waals surface area contributed by atoms with Crippen LogP contribution in [-0.2, 0) is 11.2 Å². The van der Waals surface area contributed by atoms with Gasteiger partial charge in [-0.2, -0.15) is 5.26 Å². The van der Waals surface area contributed by atoms with Gasteiger partial charge in [0.05, 0.1) is 6.07 Å². The molecular weight excluding hydrogens is 254 g/mol. The van der Waals surface area contributed by atoms with Crippen LogP contribution in [0.4, 0.5) is 5.69 Å². The van der Waals surface area contributed by atoms with Gasteiger partial charge in [-0.05, 0) is 37.1 Å². The van der Waals surface area contributed by atoms with Crippen molar-refractivity contribution in [1.29, 1.82) is 5.26 Å². The molecule has 2 rings (SSSR count). The minimum Gasteiger partial charge on any atom is -0.326 e. The normalized spacial score (nSPS) is 12.8. The van der Waals surface area contributed by atoms with E-state index in [9.17, 15) is 9.59 Å². The van der Waals surface area contributed by atoms with E-state index in [0.717, 1.165) is 17.7 Å². The molecule has 0 bridgehead atoms. The Morgan fingerprint density at radius 1 is 1.45 bits per heavy atom. The van der Waals surface area contributed by atoms with Crippen LogP contribution >= 0.6 is 0 Å². The SMILES string of the molecule is CCN(CC#N)C(=O)c1ccc2c(c1)CCN2C(C)=O. The van der Waals surface area contributed by atoms with Gasteiger partial charge in [0.15, 0.2) is 0 Å². The molecule has 0 radical (unpaired) electrons. The van der Waals surface area contributed by atoms with Crippen LogP contribution in [0.3, 0.4) is 0 Å². The van der Waals surface area contributed by atoms with Crippen molar-refractivity contribution in [2.24, 2.45) is 0 Å². The van der Waals surface area contributed by atoms with Gasteiger partial charge in [-0.1, -0.05) is 0 Å². The Kier molecular flexibility index (Phi) is 4.04. The van der Waals surface area contributed by atoms with E-state index in [1.807, 2.05) is 25.1 Å². The Labute approximate surface area is 118 Å². The van der Waals surface area contributed by atoms with Gasteiger partial charge in [0, 0.05) is 31.3 Å². The summed E-state index contributed by atoms with van der Waals surface area (Å²) in [5, 5.41) is 8.73. The minimum absolute atomic E-state index is 0.0162. The van der Waals surface area contributed by atoms with Gasteiger partial charge >= 0.3 is 0 Å². The number of carbonyl (C=O) groups excluding carboxylic acids is 2. The van der Waals surface area contributed by atoms with Crippen LogP contribution in [0.2, 0.25) is 0 Å². The van der Waals surface area contributed by atoms with Crippen LogP contribution < -0.4 is 4.90 Å². The first-order chi connectivity index (χ1) is 9.58. The number of benzene rings is 1. The fourth-order valence-corrected chi connectivity index (χ4v) is 2.46. The van der Waals surface area contributed by atoms with Gasteiger partial charge < -0.3 is 9.80 Å². The second kappa shape index (κ2) is 5.74. The van der Waals surface area contributed by atoms with Crippen LogP contribution in [0.5, 0.6) is 0 Å². The second-order valence-electron chi connectivity index (χ2n) is 4.74. The first-order valence-electron chi connectivity index (χ1n) is 6.65. The molecule has 5 heteroatoms. The third kappa shape index (κ3) is 2.50. The number of fused-ring (bicyclic) bond motifs is 1. The van der Waals surface area contributed by atoms with Crippen LogP contribution in [-0.4, -0.2) is 36.3 Å². The molecule has 0 aromatic heterocycles. The third-order valence-corrected chi connectivity index (χ3v) is 3.53. The molecule has 1 aliphatic heterocycles. The first kappa shape index (κ1) is 14.1. The summed E-state index contributed by atoms with van der Waals surface area (Å²) in [6.45, 7) is 4.65. The lowest BCUT2D eigenvalue weighted by atomic mass is 10.1. The van der Waals surface area contributed by atoms with Gasteiger partial charge in [-0.3, -0.25) is 9.59 Å². The Bertz CT molecular complexity index is 589. The van der Waals surface area contributed by atoms with Gasteiger partial charge in [0.2, 0.25) is 5.91 Å². The van der Waals surface area contributed by atoms with Crippen LogP contribution in [0.15, 0.2) is 18.2 Å². The van der Waals surface area contributed by atoms with E-state index in [4.69, 9.17) is 5.26 Å². The molecule has 1 aromatic rings. The molecular formula is C15H17N3O2. The number of carbonyl (C=O) groups is 2. The topological polar surface area (TPSA) is 64.4 Å². The molecule has 0 saturated heterocycles. The fourth-order valence-electron chi connectivity index (χ4n) is 2.46. The van der Waals surface area contributed by atoms with Crippen LogP contribution in [0, 0.1) is 11.3 Å². The number of hydrogen-bond donors (Lipinski definition) is 0. The lowest BCUT2D eigenvalue weighted by Crippen LogP contribution is -2.31. The highest BCUT2D eigenvalue weighted by Crippen LogP contribution is 2.29. The summed E-state index contributed by atoms with van der Waals surface area (Å²) in [5.74, 6) is -0.124. The summed E-state index contributed by atoms with van der Waals surface area (Å²) in [4.78, 5) is 27.0. The molecule has 0 N–H and O–H groups in total. The Balaban J connectivity index is 2.27. The highest BCUT2D eigenvalue weighted by Gasteiger charge is 2.24. The number of nitrogens with zero attached hydrogens (tertiary/aromatic N) is 3. The number of hydrogen-bond acceptors (Lipinski definition) is 3. The third-order valence-electron chi connectivity index (χ3n) is 3.53. The Morgan fingerprint density at radius 2 is 2.20 bits per heavy atom. The van der Waals surface area contributed by atoms with Crippen molar-refractivity contribution in [1.82, 2.24) is 4.90 Å². The molecule has 104 valence electrons. The summed E-state index contributed by atoms with van der Waals surface area (Å²) in [6.07, 6.45) is 0.764. The van der Waals surface area contributed by atoms with Crippen LogP contribution in [0.25, 0.3) is 0 Å². The Morgan fingerprint density at radius 3 is 2.80 bits per heavy atom. The molecule has 0 unspecified atom stereocenters. The van der Waals surface area contributed by atoms with E-state index in [-0.39, 0.29) is 18.4 Å². The van der Waals surface area contributed by atoms with E-state index in [2.05, 4.69) is 0 Å². The summed E-state index contributed by atoms with van der Waals surface area (Å²) < 4.78 is 0. The number of nitriles is 1. The van der Waals surface area contributed by atoms with E-state index >= 15 is 0 Å². The quantitative estimate of drug-likeness (QED) is 0.784. The molecule has 20 heavy (non-hydrogen) atoms. The van der Waals surface area contributed by atoms with Crippen molar-refractivity contribution in [3.8, 4) is 6.07 Å². The number of rotatable bonds is 3. The minimum atomic E-state index is -0.141. The number of anilines is 1. The maximum absolute atomic E-state index is 12.3. The van der Waals surface area contributed by atoms with Crippen LogP contribution in [0.1, 0.15) is 29.8 Å². The summed E-state index contributed by atoms with van der Waals surface area (Å²) in [7, 11) is 0. The van der Waals surface area contributed by atoms with Crippen molar-refractivity contribution in [3.05, 3.63) is 29.3 Å². The zero-order valence-electron chi connectivity index (χ0n) is 11.7. The van der Waals surface area contributed by atoms with Gasteiger partial charge in [0.25, 0.3) is 5.91 Å². The summed E-state index contributed by atoms with van der Waals surface area (Å²) in [6, 6.07) is 7.37. The lowest BCUT2D eigenvalue weighted by Gasteiger charge is -2.18. The van der Waals surface area contributed by atoms with Crippen molar-refractivity contribution < 1.29 is 9.59 Å². The van der Waals surface area contributed by atoms with E-state index in [1.54, 1.807) is 17.9 Å². The van der Waals surface area contributed by atoms with Crippen molar-refractivity contribution in [2.45, 2.75) is 20.3 Å². The molecule has 0 spiro atoms. The summed E-state index contributed by atoms with van der Waals surface area (Å²) >= 11 is 0. The molecule has 2 amide bonds. The molecule has 1 aromatic carbocycles. The standard InChI is InChI=1S/C15H17N3O2/c1-3-17(9-7-16)15(20)13-4-5-14-12(10-13)6-8-18(14)11(2)19/h4-5,10H,3,6,8-9H2,1-2H3. The highest BCUT2D eigenvalue weighted by molar-refractivity contribution is 5.98. The molecule has 0 atom stereocenters. The largest absolute Gasteiger partial charge is 0.326 e. The smallest absolute Gasteiger partial charge is 0.254 e. The fraction of sp³-hybridized carbons (Fsp3) is 0.400. The predicted octanol–water partition coefficient (Wildman–Crippen LogP) is 1.58. The van der Waals surface area contributed by atoms with E-state index in [0.29, 0.717) is 18.7 Å². The molecule has 0 saturated carbocycles. The zero-order valence-corrected chi connectivity index (χ0v) is 11.7. The van der Waals surface area contributed by atoms with Gasteiger partial charge in [0.1, 0.15) is 6.54 Å². The molecule has 1 heterocycles. The molecule has 1 aliphatic rings. The molecule has 5 nitrogen and oxygen atoms in total. The second-order valence-corrected chi connectivity index (χ2v) is 4.74. The van der Waals surface area contributed by atoms with Crippen molar-refractivity contribution in [3.63, 3.8) is 0 Å². The van der Waals surface area contributed by atoms with E-state index < -0.39 is 0 Å². The summed E-state index contributed by atoms with van der Waals surface area (Å²) in [5.41, 5.74) is 2.47. The molecule has 0 aliphatic carbocycles. The van der Waals surface area contributed by atoms with Gasteiger partial charge in [-0.15, -0.1) is 0 Å². The lowest BCUT2D eigenvalue weighted by molar-refractivity contribution is -0.116.